The maximum atomic E-state index is 12.9. The van der Waals surface area contributed by atoms with Crippen LogP contribution in [0.2, 0.25) is 0 Å². The summed E-state index contributed by atoms with van der Waals surface area (Å²) in [6.07, 6.45) is 6.17. The van der Waals surface area contributed by atoms with Crippen LogP contribution in [0, 0.1) is 0 Å². The average molecular weight is 388 g/mol. The van der Waals surface area contributed by atoms with Crippen LogP contribution in [0.1, 0.15) is 43.2 Å². The van der Waals surface area contributed by atoms with Gasteiger partial charge in [0.1, 0.15) is 16.4 Å². The van der Waals surface area contributed by atoms with E-state index in [0.29, 0.717) is 6.04 Å². The van der Waals surface area contributed by atoms with E-state index in [0.717, 1.165) is 22.9 Å². The van der Waals surface area contributed by atoms with Crippen LogP contribution in [0.4, 0.5) is 5.69 Å². The summed E-state index contributed by atoms with van der Waals surface area (Å²) in [6, 6.07) is 10.1. The van der Waals surface area contributed by atoms with Crippen molar-refractivity contribution in [2.24, 2.45) is 0 Å². The predicted molar refractivity (Wildman–Crippen MR) is 103 cm³/mol. The van der Waals surface area contributed by atoms with Crippen LogP contribution < -0.4 is 5.32 Å². The highest BCUT2D eigenvalue weighted by atomic mass is 32.2. The Bertz CT molecular complexity index is 952. The van der Waals surface area contributed by atoms with Crippen molar-refractivity contribution in [1.29, 1.82) is 0 Å². The molecule has 4 rings (SSSR count). The maximum Gasteiger partial charge on any atom is 0.247 e. The van der Waals surface area contributed by atoms with Crippen LogP contribution in [-0.2, 0) is 23.1 Å². The molecule has 1 saturated carbocycles. The lowest BCUT2D eigenvalue weighted by Crippen LogP contribution is -2.25. The SMILES string of the molecule is O=S(=O)(c1ccc(O)cc1O)N1Cc2ccc(NC3CCCCC3)cc2C1. The first-order chi connectivity index (χ1) is 12.9. The second kappa shape index (κ2) is 7.05. The van der Waals surface area contributed by atoms with Crippen molar-refractivity contribution in [2.75, 3.05) is 5.32 Å². The molecule has 6 nitrogen and oxygen atoms in total. The lowest BCUT2D eigenvalue weighted by atomic mass is 9.95. The minimum atomic E-state index is -3.84. The van der Waals surface area contributed by atoms with Gasteiger partial charge in [0, 0.05) is 30.9 Å². The van der Waals surface area contributed by atoms with Crippen molar-refractivity contribution in [3.05, 3.63) is 47.5 Å². The zero-order valence-corrected chi connectivity index (χ0v) is 15.9. The third-order valence-corrected chi connectivity index (χ3v) is 7.28. The lowest BCUT2D eigenvalue weighted by Gasteiger charge is -2.24. The van der Waals surface area contributed by atoms with E-state index < -0.39 is 15.8 Å². The third-order valence-electron chi connectivity index (χ3n) is 5.44. The topological polar surface area (TPSA) is 89.9 Å². The van der Waals surface area contributed by atoms with Gasteiger partial charge in [0.25, 0.3) is 0 Å². The number of hydrogen-bond donors (Lipinski definition) is 3. The van der Waals surface area contributed by atoms with E-state index in [4.69, 9.17) is 0 Å². The number of nitrogens with zero attached hydrogens (tertiary/aromatic N) is 1. The minimum absolute atomic E-state index is 0.172. The first kappa shape index (κ1) is 18.1. The van der Waals surface area contributed by atoms with E-state index >= 15 is 0 Å². The molecule has 3 N–H and O–H groups in total. The number of phenolic OH excluding ortho intramolecular Hbond substituents is 2. The standard InChI is InChI=1S/C20H24N2O4S/c23-18-8-9-20(19(24)11-18)27(25,26)22-12-14-6-7-17(10-15(14)13-22)21-16-4-2-1-3-5-16/h6-11,16,21,23-24H,1-5,12-13H2. The van der Waals surface area contributed by atoms with Gasteiger partial charge in [0.15, 0.2) is 0 Å². The Balaban J connectivity index is 1.53. The van der Waals surface area contributed by atoms with Crippen molar-refractivity contribution < 1.29 is 18.6 Å². The molecule has 144 valence electrons. The first-order valence-electron chi connectivity index (χ1n) is 9.34. The summed E-state index contributed by atoms with van der Waals surface area (Å²) in [7, 11) is -3.84. The van der Waals surface area contributed by atoms with Gasteiger partial charge in [-0.05, 0) is 48.2 Å². The Hall–Kier alpha value is -2.25. The molecule has 1 aliphatic heterocycles. The van der Waals surface area contributed by atoms with Crippen LogP contribution in [0.3, 0.4) is 0 Å². The molecular formula is C20H24N2O4S. The molecule has 0 unspecified atom stereocenters. The monoisotopic (exact) mass is 388 g/mol. The van der Waals surface area contributed by atoms with Gasteiger partial charge in [-0.15, -0.1) is 0 Å². The van der Waals surface area contributed by atoms with Crippen molar-refractivity contribution in [2.45, 2.75) is 56.1 Å². The minimum Gasteiger partial charge on any atom is -0.508 e. The quantitative estimate of drug-likeness (QED) is 0.745. The van der Waals surface area contributed by atoms with E-state index in [-0.39, 0.29) is 23.7 Å². The average Bonchev–Trinajstić information content (AvgIpc) is 3.06. The molecule has 0 atom stereocenters. The second-order valence-corrected chi connectivity index (χ2v) is 9.29. The summed E-state index contributed by atoms with van der Waals surface area (Å²) in [6.45, 7) is 0.555. The summed E-state index contributed by atoms with van der Waals surface area (Å²) in [5.74, 6) is -0.611. The Morgan fingerprint density at radius 1 is 0.926 bits per heavy atom. The van der Waals surface area contributed by atoms with Crippen molar-refractivity contribution in [3.63, 3.8) is 0 Å². The third kappa shape index (κ3) is 3.61. The molecular weight excluding hydrogens is 364 g/mol. The van der Waals surface area contributed by atoms with E-state index in [1.165, 1.54) is 48.5 Å². The number of hydrogen-bond acceptors (Lipinski definition) is 5. The van der Waals surface area contributed by atoms with E-state index in [9.17, 15) is 18.6 Å². The Labute approximate surface area is 159 Å². The number of aromatic hydroxyl groups is 2. The van der Waals surface area contributed by atoms with Gasteiger partial charge in [-0.2, -0.15) is 4.31 Å². The zero-order chi connectivity index (χ0) is 19.0. The van der Waals surface area contributed by atoms with Gasteiger partial charge in [-0.25, -0.2) is 8.42 Å². The summed E-state index contributed by atoms with van der Waals surface area (Å²) in [4.78, 5) is -0.186. The highest BCUT2D eigenvalue weighted by Crippen LogP contribution is 2.35. The fraction of sp³-hybridized carbons (Fsp3) is 0.400. The molecule has 27 heavy (non-hydrogen) atoms. The highest BCUT2D eigenvalue weighted by Gasteiger charge is 2.32. The van der Waals surface area contributed by atoms with E-state index in [1.807, 2.05) is 18.2 Å². The number of benzene rings is 2. The Morgan fingerprint density at radius 3 is 2.41 bits per heavy atom. The van der Waals surface area contributed by atoms with Crippen molar-refractivity contribution in [1.82, 2.24) is 4.31 Å². The maximum absolute atomic E-state index is 12.9. The smallest absolute Gasteiger partial charge is 0.247 e. The molecule has 0 radical (unpaired) electrons. The molecule has 0 amide bonds. The lowest BCUT2D eigenvalue weighted by molar-refractivity contribution is 0.415. The molecule has 7 heteroatoms. The molecule has 1 heterocycles. The summed E-state index contributed by atoms with van der Waals surface area (Å²) in [5.41, 5.74) is 3.00. The van der Waals surface area contributed by atoms with Crippen LogP contribution >= 0.6 is 0 Å². The van der Waals surface area contributed by atoms with Gasteiger partial charge in [0.2, 0.25) is 10.0 Å². The van der Waals surface area contributed by atoms with Gasteiger partial charge in [-0.1, -0.05) is 25.3 Å². The predicted octanol–water partition coefficient (Wildman–Crippen LogP) is 3.55. The molecule has 0 aromatic heterocycles. The number of sulfonamides is 1. The number of fused-ring (bicyclic) bond motifs is 1. The normalized spacial score (nSPS) is 18.4. The zero-order valence-electron chi connectivity index (χ0n) is 15.1. The molecule has 2 aromatic carbocycles. The Morgan fingerprint density at radius 2 is 1.67 bits per heavy atom. The molecule has 0 bridgehead atoms. The van der Waals surface area contributed by atoms with E-state index in [2.05, 4.69) is 5.32 Å². The number of anilines is 1. The van der Waals surface area contributed by atoms with Crippen LogP contribution in [0.5, 0.6) is 11.5 Å². The molecule has 0 saturated heterocycles. The van der Waals surface area contributed by atoms with E-state index in [1.54, 1.807) is 0 Å². The number of nitrogens with one attached hydrogen (secondary N) is 1. The number of rotatable bonds is 4. The van der Waals surface area contributed by atoms with Gasteiger partial charge < -0.3 is 15.5 Å². The van der Waals surface area contributed by atoms with Gasteiger partial charge in [0.05, 0.1) is 0 Å². The summed E-state index contributed by atoms with van der Waals surface area (Å²) in [5, 5.41) is 22.9. The van der Waals surface area contributed by atoms with Crippen molar-refractivity contribution in [3.8, 4) is 11.5 Å². The van der Waals surface area contributed by atoms with Crippen LogP contribution in [0.15, 0.2) is 41.3 Å². The first-order valence-corrected chi connectivity index (χ1v) is 10.8. The van der Waals surface area contributed by atoms with Crippen LogP contribution in [0.25, 0.3) is 0 Å². The highest BCUT2D eigenvalue weighted by molar-refractivity contribution is 7.89. The molecule has 2 aromatic rings. The molecule has 2 aliphatic rings. The van der Waals surface area contributed by atoms with Crippen LogP contribution in [-0.4, -0.2) is 29.0 Å². The van der Waals surface area contributed by atoms with Gasteiger partial charge >= 0.3 is 0 Å². The van der Waals surface area contributed by atoms with Gasteiger partial charge in [-0.3, -0.25) is 0 Å². The molecule has 0 spiro atoms. The number of phenols is 2. The molecule has 1 aliphatic carbocycles. The second-order valence-electron chi connectivity index (χ2n) is 7.39. The summed E-state index contributed by atoms with van der Waals surface area (Å²) < 4.78 is 27.2. The Kier molecular flexibility index (Phi) is 4.74. The van der Waals surface area contributed by atoms with Crippen molar-refractivity contribution >= 4 is 15.7 Å². The fourth-order valence-corrected chi connectivity index (χ4v) is 5.43. The fourth-order valence-electron chi connectivity index (χ4n) is 3.97. The molecule has 1 fully saturated rings. The largest absolute Gasteiger partial charge is 0.508 e. The summed E-state index contributed by atoms with van der Waals surface area (Å²) >= 11 is 0.